The molecule has 0 aromatic heterocycles. The number of benzene rings is 1. The molecule has 1 saturated heterocycles. The molecule has 0 amide bonds. The highest BCUT2D eigenvalue weighted by molar-refractivity contribution is 5.51. The van der Waals surface area contributed by atoms with Crippen LogP contribution >= 0.6 is 0 Å². The van der Waals surface area contributed by atoms with Crippen molar-refractivity contribution < 1.29 is 0 Å². The van der Waals surface area contributed by atoms with Gasteiger partial charge >= 0.3 is 0 Å². The van der Waals surface area contributed by atoms with Gasteiger partial charge < -0.3 is 4.90 Å². The van der Waals surface area contributed by atoms with Gasteiger partial charge in [0.15, 0.2) is 0 Å². The molecule has 0 N–H and O–H groups in total. The predicted molar refractivity (Wildman–Crippen MR) is 73.5 cm³/mol. The fraction of sp³-hybridized carbons (Fsp3) is 0.562. The summed E-state index contributed by atoms with van der Waals surface area (Å²) in [6.07, 6.45) is 8.30. The molecule has 0 radical (unpaired) electrons. The molecule has 18 heavy (non-hydrogen) atoms. The second kappa shape index (κ2) is 5.02. The molecule has 1 saturated carbocycles. The molecule has 1 aliphatic carbocycles. The second-order valence-corrected chi connectivity index (χ2v) is 5.61. The summed E-state index contributed by atoms with van der Waals surface area (Å²) in [7, 11) is 0. The third kappa shape index (κ3) is 2.10. The normalized spacial score (nSPS) is 27.4. The largest absolute Gasteiger partial charge is 0.368 e. The van der Waals surface area contributed by atoms with E-state index in [0.717, 1.165) is 17.5 Å². The van der Waals surface area contributed by atoms with Crippen molar-refractivity contribution in [2.75, 3.05) is 11.4 Å². The lowest BCUT2D eigenvalue weighted by atomic mass is 9.78. The molecule has 2 aliphatic rings. The number of hydrogen-bond acceptors (Lipinski definition) is 2. The molecule has 1 aromatic rings. The van der Waals surface area contributed by atoms with Crippen LogP contribution in [0.1, 0.15) is 44.1 Å². The summed E-state index contributed by atoms with van der Waals surface area (Å²) in [6, 6.07) is 11.1. The molecule has 2 unspecified atom stereocenters. The SMILES string of the molecule is N#Cc1ccc(N2CCCC3CCCCC32)cc1. The van der Waals surface area contributed by atoms with Crippen molar-refractivity contribution >= 4 is 5.69 Å². The van der Waals surface area contributed by atoms with E-state index in [4.69, 9.17) is 5.26 Å². The highest BCUT2D eigenvalue weighted by Crippen LogP contribution is 2.37. The minimum Gasteiger partial charge on any atom is -0.368 e. The van der Waals surface area contributed by atoms with Crippen LogP contribution in [0.4, 0.5) is 5.69 Å². The fourth-order valence-corrected chi connectivity index (χ4v) is 3.67. The minimum absolute atomic E-state index is 0.750. The van der Waals surface area contributed by atoms with E-state index in [1.165, 1.54) is 50.8 Å². The highest BCUT2D eigenvalue weighted by Gasteiger charge is 2.33. The smallest absolute Gasteiger partial charge is 0.0991 e. The lowest BCUT2D eigenvalue weighted by Gasteiger charge is -2.45. The Balaban J connectivity index is 1.82. The highest BCUT2D eigenvalue weighted by atomic mass is 15.2. The van der Waals surface area contributed by atoms with E-state index in [1.807, 2.05) is 12.1 Å². The summed E-state index contributed by atoms with van der Waals surface area (Å²) in [5, 5.41) is 8.86. The molecule has 0 spiro atoms. The number of nitrogens with zero attached hydrogens (tertiary/aromatic N) is 2. The van der Waals surface area contributed by atoms with Gasteiger partial charge in [-0.1, -0.05) is 12.8 Å². The average Bonchev–Trinajstić information content (AvgIpc) is 2.47. The zero-order chi connectivity index (χ0) is 12.4. The Labute approximate surface area is 109 Å². The number of fused-ring (bicyclic) bond motifs is 1. The Morgan fingerprint density at radius 1 is 1.00 bits per heavy atom. The van der Waals surface area contributed by atoms with E-state index < -0.39 is 0 Å². The van der Waals surface area contributed by atoms with Crippen molar-refractivity contribution in [3.8, 4) is 6.07 Å². The molecule has 1 heterocycles. The predicted octanol–water partition coefficient (Wildman–Crippen LogP) is 3.72. The minimum atomic E-state index is 0.750. The summed E-state index contributed by atoms with van der Waals surface area (Å²) in [5.74, 6) is 0.906. The van der Waals surface area contributed by atoms with Gasteiger partial charge in [0.1, 0.15) is 0 Å². The molecule has 2 nitrogen and oxygen atoms in total. The van der Waals surface area contributed by atoms with Crippen molar-refractivity contribution in [3.05, 3.63) is 29.8 Å². The maximum Gasteiger partial charge on any atom is 0.0991 e. The summed E-state index contributed by atoms with van der Waals surface area (Å²) < 4.78 is 0. The van der Waals surface area contributed by atoms with Crippen molar-refractivity contribution in [2.24, 2.45) is 5.92 Å². The summed E-state index contributed by atoms with van der Waals surface area (Å²) in [5.41, 5.74) is 2.07. The van der Waals surface area contributed by atoms with Gasteiger partial charge in [0.25, 0.3) is 0 Å². The van der Waals surface area contributed by atoms with Gasteiger partial charge in [-0.05, 0) is 55.9 Å². The first-order chi connectivity index (χ1) is 8.88. The monoisotopic (exact) mass is 240 g/mol. The Bertz CT molecular complexity index is 441. The van der Waals surface area contributed by atoms with Crippen LogP contribution in [0.3, 0.4) is 0 Å². The maximum atomic E-state index is 8.86. The fourth-order valence-electron chi connectivity index (χ4n) is 3.67. The molecule has 2 heteroatoms. The standard InChI is InChI=1S/C16H20N2/c17-12-13-7-9-15(10-8-13)18-11-3-5-14-4-1-2-6-16(14)18/h7-10,14,16H,1-6,11H2. The van der Waals surface area contributed by atoms with Crippen molar-refractivity contribution in [1.82, 2.24) is 0 Å². The van der Waals surface area contributed by atoms with Crippen LogP contribution in [0.15, 0.2) is 24.3 Å². The third-order valence-corrected chi connectivity index (χ3v) is 4.57. The summed E-state index contributed by atoms with van der Waals surface area (Å²) >= 11 is 0. The lowest BCUT2D eigenvalue weighted by Crippen LogP contribution is -2.46. The van der Waals surface area contributed by atoms with Gasteiger partial charge in [0, 0.05) is 18.3 Å². The van der Waals surface area contributed by atoms with Crippen LogP contribution in [0.2, 0.25) is 0 Å². The number of nitriles is 1. The van der Waals surface area contributed by atoms with Gasteiger partial charge in [-0.2, -0.15) is 5.26 Å². The number of hydrogen-bond donors (Lipinski definition) is 0. The number of piperidine rings is 1. The van der Waals surface area contributed by atoms with Gasteiger partial charge in [-0.15, -0.1) is 0 Å². The van der Waals surface area contributed by atoms with E-state index >= 15 is 0 Å². The number of rotatable bonds is 1. The van der Waals surface area contributed by atoms with Crippen molar-refractivity contribution in [1.29, 1.82) is 5.26 Å². The topological polar surface area (TPSA) is 27.0 Å². The first-order valence-electron chi connectivity index (χ1n) is 7.15. The number of anilines is 1. The Kier molecular flexibility index (Phi) is 3.23. The van der Waals surface area contributed by atoms with E-state index in [9.17, 15) is 0 Å². The molecule has 3 rings (SSSR count). The van der Waals surface area contributed by atoms with E-state index in [2.05, 4.69) is 23.1 Å². The van der Waals surface area contributed by atoms with Gasteiger partial charge in [0.2, 0.25) is 0 Å². The van der Waals surface area contributed by atoms with Crippen LogP contribution in [0, 0.1) is 17.2 Å². The summed E-state index contributed by atoms with van der Waals surface area (Å²) in [4.78, 5) is 2.59. The van der Waals surface area contributed by atoms with Crippen LogP contribution in [0.5, 0.6) is 0 Å². The Morgan fingerprint density at radius 2 is 1.72 bits per heavy atom. The third-order valence-electron chi connectivity index (χ3n) is 4.57. The van der Waals surface area contributed by atoms with Gasteiger partial charge in [0.05, 0.1) is 11.6 Å². The second-order valence-electron chi connectivity index (χ2n) is 5.61. The first kappa shape index (κ1) is 11.6. The van der Waals surface area contributed by atoms with E-state index in [-0.39, 0.29) is 0 Å². The molecule has 2 fully saturated rings. The summed E-state index contributed by atoms with van der Waals surface area (Å²) in [6.45, 7) is 1.19. The molecule has 1 aliphatic heterocycles. The zero-order valence-electron chi connectivity index (χ0n) is 10.8. The van der Waals surface area contributed by atoms with E-state index in [1.54, 1.807) is 0 Å². The Morgan fingerprint density at radius 3 is 2.50 bits per heavy atom. The lowest BCUT2D eigenvalue weighted by molar-refractivity contribution is 0.244. The molecule has 94 valence electrons. The van der Waals surface area contributed by atoms with Gasteiger partial charge in [-0.3, -0.25) is 0 Å². The first-order valence-corrected chi connectivity index (χ1v) is 7.15. The molecular weight excluding hydrogens is 220 g/mol. The van der Waals surface area contributed by atoms with Crippen molar-refractivity contribution in [2.45, 2.75) is 44.6 Å². The van der Waals surface area contributed by atoms with Crippen LogP contribution in [0.25, 0.3) is 0 Å². The average molecular weight is 240 g/mol. The molecule has 1 aromatic carbocycles. The van der Waals surface area contributed by atoms with E-state index in [0.29, 0.717) is 0 Å². The zero-order valence-corrected chi connectivity index (χ0v) is 10.8. The van der Waals surface area contributed by atoms with Crippen LogP contribution in [-0.4, -0.2) is 12.6 Å². The molecule has 2 atom stereocenters. The van der Waals surface area contributed by atoms with Crippen molar-refractivity contribution in [3.63, 3.8) is 0 Å². The molecule has 0 bridgehead atoms. The Hall–Kier alpha value is -1.49. The van der Waals surface area contributed by atoms with Gasteiger partial charge in [-0.25, -0.2) is 0 Å². The van der Waals surface area contributed by atoms with Crippen LogP contribution in [-0.2, 0) is 0 Å². The maximum absolute atomic E-state index is 8.86. The molecular formula is C16H20N2. The van der Waals surface area contributed by atoms with Crippen LogP contribution < -0.4 is 4.90 Å². The quantitative estimate of drug-likeness (QED) is 0.748.